The number of aliphatic carboxylic acids is 1. The largest absolute Gasteiger partial charge is 0.490 e. The smallest absolute Gasteiger partial charge is 0.475 e. The Labute approximate surface area is 202 Å². The molecule has 2 atom stereocenters. The van der Waals surface area contributed by atoms with Gasteiger partial charge in [0.1, 0.15) is 17.6 Å². The maximum Gasteiger partial charge on any atom is 0.490 e. The van der Waals surface area contributed by atoms with E-state index >= 15 is 0 Å². The number of amides is 3. The number of carboxylic acid groups (broad SMARTS) is 1. The van der Waals surface area contributed by atoms with Gasteiger partial charge >= 0.3 is 18.1 Å². The summed E-state index contributed by atoms with van der Waals surface area (Å²) >= 11 is 0. The highest BCUT2D eigenvalue weighted by Crippen LogP contribution is 2.13. The molecule has 0 unspecified atom stereocenters. The lowest BCUT2D eigenvalue weighted by Crippen LogP contribution is -2.61. The van der Waals surface area contributed by atoms with Crippen LogP contribution in [-0.4, -0.2) is 72.2 Å². The molecule has 0 aliphatic heterocycles. The third-order valence-electron chi connectivity index (χ3n) is 4.38. The first kappa shape index (κ1) is 34.3. The zero-order valence-electron chi connectivity index (χ0n) is 21.0. The molecule has 6 N–H and O–H groups in total. The van der Waals surface area contributed by atoms with E-state index in [1.54, 1.807) is 13.8 Å². The van der Waals surface area contributed by atoms with E-state index in [9.17, 15) is 32.3 Å². The number of carbonyl (C=O) groups is 5. The molecule has 0 saturated heterocycles. The Morgan fingerprint density at radius 1 is 1.00 bits per heavy atom. The Hall–Kier alpha value is -2.90. The molecule has 0 aromatic carbocycles. The molecule has 14 heteroatoms. The molecule has 0 rings (SSSR count). The zero-order valence-corrected chi connectivity index (χ0v) is 21.0. The summed E-state index contributed by atoms with van der Waals surface area (Å²) in [5.74, 6) is -4.68. The molecule has 0 aliphatic rings. The molecule has 0 fully saturated rings. The van der Waals surface area contributed by atoms with Gasteiger partial charge in [-0.1, -0.05) is 27.7 Å². The summed E-state index contributed by atoms with van der Waals surface area (Å²) in [5, 5.41) is 15.1. The minimum atomic E-state index is -5.08. The Morgan fingerprint density at radius 3 is 1.83 bits per heavy atom. The highest BCUT2D eigenvalue weighted by Gasteiger charge is 2.38. The number of nitrogens with two attached hydrogens (primary N) is 1. The highest BCUT2D eigenvalue weighted by molar-refractivity contribution is 5.95. The normalized spacial score (nSPS) is 13.2. The van der Waals surface area contributed by atoms with Crippen molar-refractivity contribution in [1.29, 1.82) is 0 Å². The van der Waals surface area contributed by atoms with Crippen LogP contribution in [0.25, 0.3) is 0 Å². The first-order valence-corrected chi connectivity index (χ1v) is 10.8. The molecule has 0 spiro atoms. The number of hydrogen-bond donors (Lipinski definition) is 5. The van der Waals surface area contributed by atoms with Gasteiger partial charge in [-0.15, -0.1) is 0 Å². The van der Waals surface area contributed by atoms with E-state index < -0.39 is 47.6 Å². The minimum Gasteiger partial charge on any atom is -0.475 e. The van der Waals surface area contributed by atoms with Crippen LogP contribution < -0.4 is 21.7 Å². The molecule has 3 amide bonds. The molecule has 0 heterocycles. The van der Waals surface area contributed by atoms with Crippen LogP contribution >= 0.6 is 0 Å². The molecule has 0 saturated carbocycles. The van der Waals surface area contributed by atoms with Crippen molar-refractivity contribution in [2.24, 2.45) is 17.6 Å². The van der Waals surface area contributed by atoms with Gasteiger partial charge in [0, 0.05) is 13.0 Å². The topological polar surface area (TPSA) is 177 Å². The van der Waals surface area contributed by atoms with E-state index in [1.807, 2.05) is 13.8 Å². The molecular formula is C21H37F3N4O7. The van der Waals surface area contributed by atoms with E-state index in [0.29, 0.717) is 6.42 Å². The fraction of sp³-hybridized carbons (Fsp3) is 0.762. The van der Waals surface area contributed by atoms with E-state index in [0.717, 1.165) is 0 Å². The Morgan fingerprint density at radius 2 is 1.49 bits per heavy atom. The number of rotatable bonds is 11. The van der Waals surface area contributed by atoms with Gasteiger partial charge in [0.25, 0.3) is 0 Å². The third kappa shape index (κ3) is 14.2. The van der Waals surface area contributed by atoms with Gasteiger partial charge in [-0.2, -0.15) is 13.2 Å². The second kappa shape index (κ2) is 15.2. The molecule has 35 heavy (non-hydrogen) atoms. The fourth-order valence-electron chi connectivity index (χ4n) is 2.50. The van der Waals surface area contributed by atoms with Crippen molar-refractivity contribution < 1.29 is 47.0 Å². The van der Waals surface area contributed by atoms with Crippen molar-refractivity contribution in [3.05, 3.63) is 0 Å². The Balaban J connectivity index is 0. The highest BCUT2D eigenvalue weighted by atomic mass is 19.4. The SMILES string of the molecule is COC(=O)[C@@H](NC(=O)C(C)(C)NC(=O)[C@H](CC(C)C)NC(=O)CCN)C(C)C.O=C(O)C(F)(F)F. The number of carboxylic acids is 1. The molecule has 0 radical (unpaired) electrons. The first-order chi connectivity index (χ1) is 15.8. The molecule has 11 nitrogen and oxygen atoms in total. The van der Waals surface area contributed by atoms with E-state index in [2.05, 4.69) is 16.0 Å². The number of carbonyl (C=O) groups excluding carboxylic acids is 4. The van der Waals surface area contributed by atoms with Gasteiger partial charge in [-0.3, -0.25) is 14.4 Å². The van der Waals surface area contributed by atoms with Crippen LogP contribution in [0.1, 0.15) is 54.4 Å². The van der Waals surface area contributed by atoms with E-state index in [4.69, 9.17) is 20.4 Å². The lowest BCUT2D eigenvalue weighted by molar-refractivity contribution is -0.192. The second-order valence-electron chi connectivity index (χ2n) is 8.92. The number of hydrogen-bond acceptors (Lipinski definition) is 7. The summed E-state index contributed by atoms with van der Waals surface area (Å²) in [6, 6.07) is -1.61. The number of halogens is 3. The first-order valence-electron chi connectivity index (χ1n) is 10.8. The quantitative estimate of drug-likeness (QED) is 0.250. The Bertz CT molecular complexity index is 741. The monoisotopic (exact) mass is 514 g/mol. The number of esters is 1. The van der Waals surface area contributed by atoms with Crippen LogP contribution in [0.3, 0.4) is 0 Å². The van der Waals surface area contributed by atoms with Crippen LogP contribution in [0.15, 0.2) is 0 Å². The summed E-state index contributed by atoms with van der Waals surface area (Å²) in [7, 11) is 1.25. The lowest BCUT2D eigenvalue weighted by Gasteiger charge is -2.31. The standard InChI is InChI=1S/C19H36N4O5.C2HF3O2/c1-11(2)10-13(21-14(24)8-9-20)16(25)23-19(5,6)18(27)22-15(12(3)4)17(26)28-7;3-2(4,5)1(6)7/h11-13,15H,8-10,20H2,1-7H3,(H,21,24)(H,22,27)(H,23,25);(H,6,7)/t13-,15-;/m0./s1. The molecule has 204 valence electrons. The molecule has 0 aliphatic carbocycles. The second-order valence-corrected chi connectivity index (χ2v) is 8.92. The zero-order chi connectivity index (χ0) is 28.1. The molecule has 0 bridgehead atoms. The minimum absolute atomic E-state index is 0.112. The molecule has 0 aromatic heterocycles. The van der Waals surface area contributed by atoms with E-state index in [1.165, 1.54) is 21.0 Å². The lowest BCUT2D eigenvalue weighted by atomic mass is 9.98. The van der Waals surface area contributed by atoms with Crippen LogP contribution in [0.5, 0.6) is 0 Å². The van der Waals surface area contributed by atoms with Gasteiger partial charge in [0.2, 0.25) is 17.7 Å². The number of ether oxygens (including phenoxy) is 1. The maximum absolute atomic E-state index is 12.7. The average molecular weight is 515 g/mol. The maximum atomic E-state index is 12.7. The van der Waals surface area contributed by atoms with Gasteiger partial charge < -0.3 is 31.5 Å². The average Bonchev–Trinajstić information content (AvgIpc) is 2.69. The van der Waals surface area contributed by atoms with Crippen molar-refractivity contribution in [3.8, 4) is 0 Å². The number of methoxy groups -OCH3 is 1. The van der Waals surface area contributed by atoms with Gasteiger partial charge in [0.15, 0.2) is 0 Å². The summed E-state index contributed by atoms with van der Waals surface area (Å²) in [5.41, 5.74) is 4.08. The molecular weight excluding hydrogens is 477 g/mol. The third-order valence-corrected chi connectivity index (χ3v) is 4.38. The van der Waals surface area contributed by atoms with Gasteiger partial charge in [-0.05, 0) is 32.1 Å². The van der Waals surface area contributed by atoms with Crippen molar-refractivity contribution in [2.45, 2.75) is 78.2 Å². The summed E-state index contributed by atoms with van der Waals surface area (Å²) < 4.78 is 36.5. The predicted octanol–water partition coefficient (Wildman–Crippen LogP) is 0.708. The van der Waals surface area contributed by atoms with E-state index in [-0.39, 0.29) is 30.7 Å². The van der Waals surface area contributed by atoms with Crippen LogP contribution in [0, 0.1) is 11.8 Å². The summed E-state index contributed by atoms with van der Waals surface area (Å²) in [6.07, 6.45) is -4.56. The van der Waals surface area contributed by atoms with Crippen LogP contribution in [0.2, 0.25) is 0 Å². The Kier molecular flexibility index (Phi) is 14.9. The van der Waals surface area contributed by atoms with Gasteiger partial charge in [0.05, 0.1) is 7.11 Å². The van der Waals surface area contributed by atoms with Crippen molar-refractivity contribution >= 4 is 29.7 Å². The predicted molar refractivity (Wildman–Crippen MR) is 120 cm³/mol. The van der Waals surface area contributed by atoms with Crippen molar-refractivity contribution in [2.75, 3.05) is 13.7 Å². The summed E-state index contributed by atoms with van der Waals surface area (Å²) in [6.45, 7) is 10.7. The van der Waals surface area contributed by atoms with Crippen molar-refractivity contribution in [1.82, 2.24) is 16.0 Å². The molecule has 0 aromatic rings. The number of nitrogens with one attached hydrogen (secondary N) is 3. The number of alkyl halides is 3. The summed E-state index contributed by atoms with van der Waals surface area (Å²) in [4.78, 5) is 58.0. The van der Waals surface area contributed by atoms with Gasteiger partial charge in [-0.25, -0.2) is 9.59 Å². The van der Waals surface area contributed by atoms with Crippen LogP contribution in [-0.2, 0) is 28.7 Å². The fourth-order valence-corrected chi connectivity index (χ4v) is 2.50. The van der Waals surface area contributed by atoms with Crippen molar-refractivity contribution in [3.63, 3.8) is 0 Å². The van der Waals surface area contributed by atoms with Crippen LogP contribution in [0.4, 0.5) is 13.2 Å².